The summed E-state index contributed by atoms with van der Waals surface area (Å²) in [5, 5.41) is 8.53. The molecule has 0 aliphatic heterocycles. The molecule has 4 heteroatoms. The molecule has 0 amide bonds. The van der Waals surface area contributed by atoms with Gasteiger partial charge in [0.1, 0.15) is 0 Å². The van der Waals surface area contributed by atoms with Crippen LogP contribution < -0.4 is 0 Å². The van der Waals surface area contributed by atoms with Crippen LogP contribution in [0.15, 0.2) is 46.2 Å². The molecule has 1 rings (SSSR count). The smallest absolute Gasteiger partial charge is 0.331 e. The predicted molar refractivity (Wildman–Crippen MR) is 71.9 cm³/mol. The minimum Gasteiger partial charge on any atom is -0.466 e. The maximum Gasteiger partial charge on any atom is 0.331 e. The zero-order valence-electron chi connectivity index (χ0n) is 10.3. The number of allylic oxidation sites excluding steroid dienone is 1. The lowest BCUT2D eigenvalue weighted by Gasteiger charge is -2.05. The summed E-state index contributed by atoms with van der Waals surface area (Å²) in [6.07, 6.45) is 3.45. The summed E-state index contributed by atoms with van der Waals surface area (Å²) in [6, 6.07) is 11.9. The van der Waals surface area contributed by atoms with Crippen molar-refractivity contribution in [2.24, 2.45) is 0 Å². The van der Waals surface area contributed by atoms with Crippen LogP contribution in [0.5, 0.6) is 0 Å². The molecule has 1 aromatic rings. The number of ether oxygens (including phenoxy) is 1. The predicted octanol–water partition coefficient (Wildman–Crippen LogP) is 3.53. The van der Waals surface area contributed by atoms with Crippen LogP contribution in [0.4, 0.5) is 0 Å². The molecular formula is C14H15NO2S. The highest BCUT2D eigenvalue weighted by Gasteiger charge is 2.04. The molecule has 0 spiro atoms. The standard InChI is InChI=1S/C14H15NO2S/c1-17-14(16)11-13(9-5-6-10-15)18-12-7-3-2-4-8-12/h2-4,7-8,11H,5-6,9H2,1H3/b13-11-. The SMILES string of the molecule is COC(=O)/C=C(/CCCC#N)Sc1ccccc1. The van der Waals surface area contributed by atoms with Gasteiger partial charge in [-0.2, -0.15) is 5.26 Å². The van der Waals surface area contributed by atoms with Gasteiger partial charge in [-0.15, -0.1) is 0 Å². The minimum absolute atomic E-state index is 0.356. The molecule has 0 radical (unpaired) electrons. The first-order valence-corrected chi connectivity index (χ1v) is 6.46. The molecule has 18 heavy (non-hydrogen) atoms. The van der Waals surface area contributed by atoms with Gasteiger partial charge in [-0.3, -0.25) is 0 Å². The van der Waals surface area contributed by atoms with Gasteiger partial charge in [0.2, 0.25) is 0 Å². The summed E-state index contributed by atoms with van der Waals surface area (Å²) >= 11 is 1.53. The van der Waals surface area contributed by atoms with Gasteiger partial charge in [0, 0.05) is 17.4 Å². The highest BCUT2D eigenvalue weighted by atomic mass is 32.2. The quantitative estimate of drug-likeness (QED) is 0.340. The average Bonchev–Trinajstić information content (AvgIpc) is 2.40. The van der Waals surface area contributed by atoms with Gasteiger partial charge in [-0.25, -0.2) is 4.79 Å². The van der Waals surface area contributed by atoms with E-state index in [-0.39, 0.29) is 5.97 Å². The van der Waals surface area contributed by atoms with Crippen molar-refractivity contribution in [1.29, 1.82) is 5.26 Å². The number of methoxy groups -OCH3 is 1. The number of hydrogen-bond acceptors (Lipinski definition) is 4. The average molecular weight is 261 g/mol. The van der Waals surface area contributed by atoms with Crippen LogP contribution in [-0.4, -0.2) is 13.1 Å². The lowest BCUT2D eigenvalue weighted by Crippen LogP contribution is -1.96. The Labute approximate surface area is 111 Å². The third-order valence-corrected chi connectivity index (χ3v) is 3.28. The van der Waals surface area contributed by atoms with E-state index in [0.29, 0.717) is 12.8 Å². The highest BCUT2D eigenvalue weighted by molar-refractivity contribution is 8.03. The van der Waals surface area contributed by atoms with Gasteiger partial charge in [0.25, 0.3) is 0 Å². The van der Waals surface area contributed by atoms with Crippen molar-refractivity contribution in [2.75, 3.05) is 7.11 Å². The molecule has 0 N–H and O–H groups in total. The Hall–Kier alpha value is -1.73. The van der Waals surface area contributed by atoms with E-state index in [1.54, 1.807) is 0 Å². The second-order valence-electron chi connectivity index (χ2n) is 3.56. The Morgan fingerprint density at radius 3 is 2.78 bits per heavy atom. The summed E-state index contributed by atoms with van der Waals surface area (Å²) in [6.45, 7) is 0. The maximum absolute atomic E-state index is 11.3. The third-order valence-electron chi connectivity index (χ3n) is 2.18. The van der Waals surface area contributed by atoms with Crippen LogP contribution in [0.1, 0.15) is 19.3 Å². The topological polar surface area (TPSA) is 50.1 Å². The number of esters is 1. The Morgan fingerprint density at radius 1 is 1.44 bits per heavy atom. The van der Waals surface area contributed by atoms with Crippen molar-refractivity contribution in [3.63, 3.8) is 0 Å². The largest absolute Gasteiger partial charge is 0.466 e. The summed E-state index contributed by atoms with van der Waals surface area (Å²) in [4.78, 5) is 13.3. The number of unbranched alkanes of at least 4 members (excludes halogenated alkanes) is 1. The maximum atomic E-state index is 11.3. The summed E-state index contributed by atoms with van der Waals surface area (Å²) in [7, 11) is 1.36. The van der Waals surface area contributed by atoms with Crippen molar-refractivity contribution in [3.8, 4) is 6.07 Å². The number of nitrogens with zero attached hydrogens (tertiary/aromatic N) is 1. The Morgan fingerprint density at radius 2 is 2.17 bits per heavy atom. The monoisotopic (exact) mass is 261 g/mol. The number of nitriles is 1. The van der Waals surface area contributed by atoms with Crippen molar-refractivity contribution in [1.82, 2.24) is 0 Å². The van der Waals surface area contributed by atoms with E-state index >= 15 is 0 Å². The molecular weight excluding hydrogens is 246 g/mol. The highest BCUT2D eigenvalue weighted by Crippen LogP contribution is 2.29. The van der Waals surface area contributed by atoms with Crippen LogP contribution >= 0.6 is 11.8 Å². The van der Waals surface area contributed by atoms with Crippen LogP contribution in [0.2, 0.25) is 0 Å². The summed E-state index contributed by atoms with van der Waals surface area (Å²) < 4.78 is 4.63. The first-order chi connectivity index (χ1) is 8.76. The molecule has 0 fully saturated rings. The lowest BCUT2D eigenvalue weighted by atomic mass is 10.2. The fraction of sp³-hybridized carbons (Fsp3) is 0.286. The number of carbonyl (C=O) groups excluding carboxylic acids is 1. The number of carbonyl (C=O) groups is 1. The molecule has 0 unspecified atom stereocenters. The van der Waals surface area contributed by atoms with E-state index in [4.69, 9.17) is 5.26 Å². The molecule has 0 aromatic heterocycles. The molecule has 94 valence electrons. The van der Waals surface area contributed by atoms with Crippen LogP contribution in [0.3, 0.4) is 0 Å². The third kappa shape index (κ3) is 5.55. The summed E-state index contributed by atoms with van der Waals surface area (Å²) in [5.41, 5.74) is 0. The second-order valence-corrected chi connectivity index (χ2v) is 4.76. The molecule has 0 heterocycles. The fourth-order valence-corrected chi connectivity index (χ4v) is 2.32. The Kier molecular flexibility index (Phi) is 6.67. The molecule has 0 atom stereocenters. The number of thioether (sulfide) groups is 1. The first-order valence-electron chi connectivity index (χ1n) is 5.64. The fourth-order valence-electron chi connectivity index (χ4n) is 1.32. The molecule has 0 saturated heterocycles. The first kappa shape index (κ1) is 14.3. The van der Waals surface area contributed by atoms with Gasteiger partial charge >= 0.3 is 5.97 Å². The lowest BCUT2D eigenvalue weighted by molar-refractivity contribution is -0.134. The number of hydrogen-bond donors (Lipinski definition) is 0. The van der Waals surface area contributed by atoms with E-state index < -0.39 is 0 Å². The van der Waals surface area contributed by atoms with Crippen LogP contribution in [-0.2, 0) is 9.53 Å². The van der Waals surface area contributed by atoms with Gasteiger partial charge in [-0.05, 0) is 29.9 Å². The molecule has 1 aromatic carbocycles. The van der Waals surface area contributed by atoms with E-state index in [2.05, 4.69) is 10.8 Å². The number of rotatable bonds is 6. The van der Waals surface area contributed by atoms with Gasteiger partial charge in [0.15, 0.2) is 0 Å². The molecule has 0 saturated carbocycles. The van der Waals surface area contributed by atoms with E-state index in [1.165, 1.54) is 24.9 Å². The van der Waals surface area contributed by atoms with Crippen LogP contribution in [0, 0.1) is 11.3 Å². The summed E-state index contributed by atoms with van der Waals surface area (Å²) in [5.74, 6) is -0.356. The van der Waals surface area contributed by atoms with Crippen molar-refractivity contribution in [3.05, 3.63) is 41.3 Å². The van der Waals surface area contributed by atoms with Crippen molar-refractivity contribution < 1.29 is 9.53 Å². The zero-order chi connectivity index (χ0) is 13.2. The van der Waals surface area contributed by atoms with Gasteiger partial charge in [0.05, 0.1) is 13.2 Å². The Balaban J connectivity index is 2.69. The van der Waals surface area contributed by atoms with Crippen molar-refractivity contribution >= 4 is 17.7 Å². The van der Waals surface area contributed by atoms with Gasteiger partial charge in [-0.1, -0.05) is 30.0 Å². The van der Waals surface area contributed by atoms with Crippen molar-refractivity contribution in [2.45, 2.75) is 24.2 Å². The van der Waals surface area contributed by atoms with E-state index in [9.17, 15) is 4.79 Å². The van der Waals surface area contributed by atoms with E-state index in [1.807, 2.05) is 30.3 Å². The zero-order valence-corrected chi connectivity index (χ0v) is 11.1. The minimum atomic E-state index is -0.356. The molecule has 3 nitrogen and oxygen atoms in total. The van der Waals surface area contributed by atoms with Gasteiger partial charge < -0.3 is 4.74 Å². The normalized spacial score (nSPS) is 10.8. The number of benzene rings is 1. The van der Waals surface area contributed by atoms with Crippen LogP contribution in [0.25, 0.3) is 0 Å². The molecule has 0 aliphatic carbocycles. The van der Waals surface area contributed by atoms with E-state index in [0.717, 1.165) is 16.2 Å². The molecule has 0 bridgehead atoms. The molecule has 0 aliphatic rings. The Bertz CT molecular complexity index is 449. The second kappa shape index (κ2) is 8.37.